The second kappa shape index (κ2) is 7.06. The molecule has 0 heterocycles. The summed E-state index contributed by atoms with van der Waals surface area (Å²) in [6.07, 6.45) is 0. The van der Waals surface area contributed by atoms with E-state index in [1.54, 1.807) is 11.8 Å². The van der Waals surface area contributed by atoms with Gasteiger partial charge in [0.2, 0.25) is 5.91 Å². The van der Waals surface area contributed by atoms with Crippen LogP contribution in [-0.4, -0.2) is 35.8 Å². The maximum absolute atomic E-state index is 14.0. The van der Waals surface area contributed by atoms with E-state index in [1.807, 2.05) is 13.8 Å². The van der Waals surface area contributed by atoms with Gasteiger partial charge in [0, 0.05) is 18.8 Å². The molecular formula is C15H22FN3O2. The molecule has 6 heteroatoms. The monoisotopic (exact) mass is 295 g/mol. The highest BCUT2D eigenvalue weighted by Gasteiger charge is 2.22. The van der Waals surface area contributed by atoms with Gasteiger partial charge in [0.15, 0.2) is 0 Å². The van der Waals surface area contributed by atoms with Gasteiger partial charge in [-0.1, -0.05) is 0 Å². The van der Waals surface area contributed by atoms with Crippen molar-refractivity contribution in [2.24, 2.45) is 0 Å². The molecule has 1 atom stereocenters. The lowest BCUT2D eigenvalue weighted by Gasteiger charge is -2.23. The highest BCUT2D eigenvalue weighted by atomic mass is 19.1. The Morgan fingerprint density at radius 2 is 1.90 bits per heavy atom. The highest BCUT2D eigenvalue weighted by molar-refractivity contribution is 5.98. The summed E-state index contributed by atoms with van der Waals surface area (Å²) in [7, 11) is 0. The van der Waals surface area contributed by atoms with Crippen molar-refractivity contribution in [1.82, 2.24) is 10.2 Å². The lowest BCUT2D eigenvalue weighted by atomic mass is 10.1. The van der Waals surface area contributed by atoms with Crippen molar-refractivity contribution < 1.29 is 14.0 Å². The number of carbonyl (C=O) groups is 2. The molecule has 0 saturated heterocycles. The van der Waals surface area contributed by atoms with Crippen LogP contribution in [-0.2, 0) is 4.79 Å². The Kier molecular flexibility index (Phi) is 5.69. The molecule has 0 aliphatic rings. The number of nitrogens with zero attached hydrogens (tertiary/aromatic N) is 1. The molecule has 0 saturated carbocycles. The van der Waals surface area contributed by atoms with Crippen LogP contribution < -0.4 is 11.1 Å². The molecule has 1 unspecified atom stereocenters. The van der Waals surface area contributed by atoms with Crippen LogP contribution in [0.5, 0.6) is 0 Å². The molecule has 0 spiro atoms. The van der Waals surface area contributed by atoms with Crippen LogP contribution in [0.3, 0.4) is 0 Å². The van der Waals surface area contributed by atoms with Gasteiger partial charge in [-0.3, -0.25) is 9.59 Å². The molecule has 0 radical (unpaired) electrons. The molecule has 1 rings (SSSR count). The number of rotatable bonds is 5. The van der Waals surface area contributed by atoms with E-state index in [0.717, 1.165) is 0 Å². The number of aryl methyl sites for hydroxylation is 1. The Hall–Kier alpha value is -2.11. The summed E-state index contributed by atoms with van der Waals surface area (Å²) in [5.41, 5.74) is 6.08. The number of anilines is 1. The first-order chi connectivity index (χ1) is 9.81. The zero-order valence-electron chi connectivity index (χ0n) is 12.9. The topological polar surface area (TPSA) is 75.4 Å². The van der Waals surface area contributed by atoms with E-state index >= 15 is 0 Å². The van der Waals surface area contributed by atoms with Crippen molar-refractivity contribution in [2.75, 3.05) is 18.8 Å². The Bertz CT molecular complexity index is 542. The molecule has 0 bridgehead atoms. The van der Waals surface area contributed by atoms with Crippen LogP contribution in [0.2, 0.25) is 0 Å². The predicted molar refractivity (Wildman–Crippen MR) is 80.4 cm³/mol. The van der Waals surface area contributed by atoms with Crippen molar-refractivity contribution in [3.8, 4) is 0 Å². The maximum Gasteiger partial charge on any atom is 0.254 e. The summed E-state index contributed by atoms with van der Waals surface area (Å²) >= 11 is 0. The summed E-state index contributed by atoms with van der Waals surface area (Å²) in [4.78, 5) is 25.8. The second-order valence-electron chi connectivity index (χ2n) is 4.91. The van der Waals surface area contributed by atoms with Crippen molar-refractivity contribution in [2.45, 2.75) is 33.7 Å². The molecule has 0 fully saturated rings. The molecule has 116 valence electrons. The van der Waals surface area contributed by atoms with Crippen molar-refractivity contribution in [3.63, 3.8) is 0 Å². The highest BCUT2D eigenvalue weighted by Crippen LogP contribution is 2.17. The molecule has 5 nitrogen and oxygen atoms in total. The normalized spacial score (nSPS) is 11.9. The lowest BCUT2D eigenvalue weighted by molar-refractivity contribution is -0.132. The first kappa shape index (κ1) is 16.9. The number of amides is 2. The quantitative estimate of drug-likeness (QED) is 0.812. The number of nitrogens with one attached hydrogen (secondary N) is 1. The van der Waals surface area contributed by atoms with Gasteiger partial charge in [-0.25, -0.2) is 4.39 Å². The fourth-order valence-electron chi connectivity index (χ4n) is 2.11. The second-order valence-corrected chi connectivity index (χ2v) is 4.91. The summed E-state index contributed by atoms with van der Waals surface area (Å²) < 4.78 is 14.0. The third-order valence-electron chi connectivity index (χ3n) is 3.31. The van der Waals surface area contributed by atoms with E-state index in [2.05, 4.69) is 5.32 Å². The Balaban J connectivity index is 2.89. The lowest BCUT2D eigenvalue weighted by Crippen LogP contribution is -2.47. The maximum atomic E-state index is 14.0. The van der Waals surface area contributed by atoms with Crippen LogP contribution in [0.25, 0.3) is 0 Å². The number of halogens is 1. The smallest absolute Gasteiger partial charge is 0.254 e. The van der Waals surface area contributed by atoms with Gasteiger partial charge in [-0.2, -0.15) is 0 Å². The number of carbonyl (C=O) groups excluding carboxylic acids is 2. The zero-order valence-corrected chi connectivity index (χ0v) is 12.9. The Morgan fingerprint density at radius 1 is 1.33 bits per heavy atom. The van der Waals surface area contributed by atoms with Gasteiger partial charge < -0.3 is 16.0 Å². The summed E-state index contributed by atoms with van der Waals surface area (Å²) in [5, 5.41) is 2.51. The Labute approximate surface area is 124 Å². The molecule has 2 amide bonds. The molecule has 0 aromatic heterocycles. The first-order valence-corrected chi connectivity index (χ1v) is 6.97. The van der Waals surface area contributed by atoms with Gasteiger partial charge in [0.1, 0.15) is 11.9 Å². The van der Waals surface area contributed by atoms with Crippen molar-refractivity contribution in [3.05, 3.63) is 29.1 Å². The number of likely N-dealkylation sites (N-methyl/N-ethyl adjacent to an activating group) is 1. The van der Waals surface area contributed by atoms with Gasteiger partial charge in [-0.05, 0) is 45.4 Å². The zero-order chi connectivity index (χ0) is 16.2. The molecule has 0 aliphatic carbocycles. The minimum atomic E-state index is -0.724. The van der Waals surface area contributed by atoms with Gasteiger partial charge in [-0.15, -0.1) is 0 Å². The molecule has 1 aromatic rings. The fraction of sp³-hybridized carbons (Fsp3) is 0.467. The van der Waals surface area contributed by atoms with Crippen molar-refractivity contribution >= 4 is 17.5 Å². The fourth-order valence-corrected chi connectivity index (χ4v) is 2.11. The van der Waals surface area contributed by atoms with E-state index in [0.29, 0.717) is 24.3 Å². The van der Waals surface area contributed by atoms with Crippen LogP contribution in [0, 0.1) is 12.7 Å². The minimum Gasteiger partial charge on any atom is -0.399 e. The number of hydrogen-bond donors (Lipinski definition) is 2. The predicted octanol–water partition coefficient (Wildman–Crippen LogP) is 1.70. The summed E-state index contributed by atoms with van der Waals surface area (Å²) in [5.74, 6) is -1.46. The standard InChI is InChI=1S/C15H22FN3O2/c1-5-19(6-2)15(21)10(4)18-14(20)12-8-11(17)7-9(3)13(12)16/h7-8,10H,5-6,17H2,1-4H3,(H,18,20). The van der Waals surface area contributed by atoms with Gasteiger partial charge in [0.05, 0.1) is 5.56 Å². The van der Waals surface area contributed by atoms with Gasteiger partial charge in [0.25, 0.3) is 5.91 Å². The number of benzene rings is 1. The average molecular weight is 295 g/mol. The van der Waals surface area contributed by atoms with Crippen LogP contribution in [0.1, 0.15) is 36.7 Å². The largest absolute Gasteiger partial charge is 0.399 e. The van der Waals surface area contributed by atoms with E-state index in [1.165, 1.54) is 19.1 Å². The SMILES string of the molecule is CCN(CC)C(=O)C(C)NC(=O)c1cc(N)cc(C)c1F. The number of nitrogen functional groups attached to an aromatic ring is 1. The average Bonchev–Trinajstić information content (AvgIpc) is 2.43. The summed E-state index contributed by atoms with van der Waals surface area (Å²) in [6.45, 7) is 7.94. The summed E-state index contributed by atoms with van der Waals surface area (Å²) in [6, 6.07) is 2.00. The molecule has 3 N–H and O–H groups in total. The van der Waals surface area contributed by atoms with E-state index in [9.17, 15) is 14.0 Å². The molecule has 21 heavy (non-hydrogen) atoms. The number of nitrogens with two attached hydrogens (primary N) is 1. The van der Waals surface area contributed by atoms with E-state index < -0.39 is 17.8 Å². The molecule has 0 aliphatic heterocycles. The molecule has 1 aromatic carbocycles. The Morgan fingerprint density at radius 3 is 2.43 bits per heavy atom. The van der Waals surface area contributed by atoms with E-state index in [4.69, 9.17) is 5.73 Å². The van der Waals surface area contributed by atoms with Gasteiger partial charge >= 0.3 is 0 Å². The van der Waals surface area contributed by atoms with Crippen molar-refractivity contribution in [1.29, 1.82) is 0 Å². The van der Waals surface area contributed by atoms with Crippen LogP contribution >= 0.6 is 0 Å². The van der Waals surface area contributed by atoms with Crippen LogP contribution in [0.4, 0.5) is 10.1 Å². The first-order valence-electron chi connectivity index (χ1n) is 6.97. The third kappa shape index (κ3) is 3.93. The molecular weight excluding hydrogens is 273 g/mol. The third-order valence-corrected chi connectivity index (χ3v) is 3.31. The van der Waals surface area contributed by atoms with E-state index in [-0.39, 0.29) is 11.5 Å². The minimum absolute atomic E-state index is 0.147. The van der Waals surface area contributed by atoms with Crippen LogP contribution in [0.15, 0.2) is 12.1 Å². The number of hydrogen-bond acceptors (Lipinski definition) is 3.